The van der Waals surface area contributed by atoms with E-state index >= 15 is 0 Å². The second-order valence-electron chi connectivity index (χ2n) is 3.96. The van der Waals surface area contributed by atoms with E-state index in [2.05, 4.69) is 21.2 Å². The van der Waals surface area contributed by atoms with Crippen LogP contribution < -0.4 is 5.32 Å². The van der Waals surface area contributed by atoms with Gasteiger partial charge in [-0.2, -0.15) is 0 Å². The van der Waals surface area contributed by atoms with Crippen molar-refractivity contribution in [2.75, 3.05) is 38.8 Å². The summed E-state index contributed by atoms with van der Waals surface area (Å²) in [7, 11) is 1.61. The highest BCUT2D eigenvalue weighted by molar-refractivity contribution is 9.09. The van der Waals surface area contributed by atoms with E-state index in [1.54, 1.807) is 7.11 Å². The molecular formula is C10H18BrNO3. The van der Waals surface area contributed by atoms with Crippen molar-refractivity contribution in [3.8, 4) is 0 Å². The summed E-state index contributed by atoms with van der Waals surface area (Å²) in [5.74, 6) is -0.0432. The van der Waals surface area contributed by atoms with Crippen LogP contribution >= 0.6 is 15.9 Å². The fourth-order valence-electron chi connectivity index (χ4n) is 1.18. The molecule has 0 radical (unpaired) electrons. The molecule has 15 heavy (non-hydrogen) atoms. The van der Waals surface area contributed by atoms with Gasteiger partial charge in [0.05, 0.1) is 13.2 Å². The zero-order chi connectivity index (χ0) is 11.1. The first-order valence-electron chi connectivity index (χ1n) is 5.12. The van der Waals surface area contributed by atoms with Crippen molar-refractivity contribution in [3.05, 3.63) is 0 Å². The molecule has 1 aliphatic carbocycles. The summed E-state index contributed by atoms with van der Waals surface area (Å²) in [4.78, 5) is 11.3. The number of alkyl halides is 1. The van der Waals surface area contributed by atoms with E-state index in [1.165, 1.54) is 12.8 Å². The number of hydrogen-bond acceptors (Lipinski definition) is 3. The Bertz CT molecular complexity index is 207. The van der Waals surface area contributed by atoms with Crippen LogP contribution in [0.4, 0.5) is 0 Å². The van der Waals surface area contributed by atoms with Gasteiger partial charge in [-0.15, -0.1) is 0 Å². The summed E-state index contributed by atoms with van der Waals surface area (Å²) in [5, 5.41) is 3.84. The van der Waals surface area contributed by atoms with E-state index in [1.807, 2.05) is 0 Å². The second kappa shape index (κ2) is 6.45. The van der Waals surface area contributed by atoms with Gasteiger partial charge < -0.3 is 14.8 Å². The van der Waals surface area contributed by atoms with Gasteiger partial charge in [0.1, 0.15) is 6.61 Å². The summed E-state index contributed by atoms with van der Waals surface area (Å²) in [6, 6.07) is 0. The van der Waals surface area contributed by atoms with Crippen molar-refractivity contribution in [1.29, 1.82) is 0 Å². The zero-order valence-electron chi connectivity index (χ0n) is 9.05. The predicted octanol–water partition coefficient (Wildman–Crippen LogP) is 0.941. The molecule has 1 fully saturated rings. The molecule has 1 N–H and O–H groups in total. The zero-order valence-corrected chi connectivity index (χ0v) is 10.6. The maximum absolute atomic E-state index is 11.3. The SMILES string of the molecule is COCCOCC(=O)NCC1(CBr)CC1. The topological polar surface area (TPSA) is 47.6 Å². The maximum Gasteiger partial charge on any atom is 0.246 e. The van der Waals surface area contributed by atoms with Crippen molar-refractivity contribution < 1.29 is 14.3 Å². The fourth-order valence-corrected chi connectivity index (χ4v) is 1.94. The summed E-state index contributed by atoms with van der Waals surface area (Å²) in [6.07, 6.45) is 2.39. The van der Waals surface area contributed by atoms with Gasteiger partial charge in [0.15, 0.2) is 0 Å². The monoisotopic (exact) mass is 279 g/mol. The highest BCUT2D eigenvalue weighted by Crippen LogP contribution is 2.46. The van der Waals surface area contributed by atoms with Crippen LogP contribution in [0, 0.1) is 5.41 Å². The normalized spacial score (nSPS) is 17.5. The number of rotatable bonds is 8. The molecule has 0 unspecified atom stereocenters. The molecule has 88 valence electrons. The Morgan fingerprint density at radius 1 is 1.47 bits per heavy atom. The standard InChI is InChI=1S/C10H18BrNO3/c1-14-4-5-15-6-9(13)12-8-10(7-11)2-3-10/h2-8H2,1H3,(H,12,13). The minimum absolute atomic E-state index is 0.0432. The van der Waals surface area contributed by atoms with Gasteiger partial charge >= 0.3 is 0 Å². The second-order valence-corrected chi connectivity index (χ2v) is 4.52. The minimum Gasteiger partial charge on any atom is -0.382 e. The number of amides is 1. The van der Waals surface area contributed by atoms with Crippen LogP contribution in [-0.4, -0.2) is 44.7 Å². The lowest BCUT2D eigenvalue weighted by atomic mass is 10.1. The van der Waals surface area contributed by atoms with Gasteiger partial charge in [-0.05, 0) is 18.3 Å². The minimum atomic E-state index is -0.0432. The number of ether oxygens (including phenoxy) is 2. The van der Waals surface area contributed by atoms with Crippen LogP contribution in [0.15, 0.2) is 0 Å². The lowest BCUT2D eigenvalue weighted by Gasteiger charge is -2.12. The molecule has 1 rings (SSSR count). The van der Waals surface area contributed by atoms with Crippen LogP contribution in [0.1, 0.15) is 12.8 Å². The third-order valence-corrected chi connectivity index (χ3v) is 3.76. The molecule has 0 bridgehead atoms. The molecular weight excluding hydrogens is 262 g/mol. The number of carbonyl (C=O) groups is 1. The highest BCUT2D eigenvalue weighted by Gasteiger charge is 2.41. The molecule has 1 aliphatic rings. The lowest BCUT2D eigenvalue weighted by molar-refractivity contribution is -0.126. The van der Waals surface area contributed by atoms with Crippen LogP contribution in [0.25, 0.3) is 0 Å². The Labute approximate surface area is 98.8 Å². The molecule has 0 spiro atoms. The Morgan fingerprint density at radius 2 is 2.20 bits per heavy atom. The van der Waals surface area contributed by atoms with Gasteiger partial charge in [-0.3, -0.25) is 4.79 Å². The molecule has 4 nitrogen and oxygen atoms in total. The molecule has 0 saturated heterocycles. The number of hydrogen-bond donors (Lipinski definition) is 1. The van der Waals surface area contributed by atoms with Crippen LogP contribution in [-0.2, 0) is 14.3 Å². The predicted molar refractivity (Wildman–Crippen MR) is 61.2 cm³/mol. The van der Waals surface area contributed by atoms with Crippen LogP contribution in [0.5, 0.6) is 0 Å². The van der Waals surface area contributed by atoms with Crippen LogP contribution in [0.3, 0.4) is 0 Å². The summed E-state index contributed by atoms with van der Waals surface area (Å²) in [5.41, 5.74) is 0.322. The molecule has 0 aromatic carbocycles. The number of nitrogens with one attached hydrogen (secondary N) is 1. The molecule has 0 heterocycles. The summed E-state index contributed by atoms with van der Waals surface area (Å²) < 4.78 is 9.91. The van der Waals surface area contributed by atoms with E-state index in [-0.39, 0.29) is 12.5 Å². The van der Waals surface area contributed by atoms with Crippen molar-refractivity contribution in [1.82, 2.24) is 5.32 Å². The first-order valence-corrected chi connectivity index (χ1v) is 6.24. The quantitative estimate of drug-likeness (QED) is 0.532. The van der Waals surface area contributed by atoms with Crippen molar-refractivity contribution in [2.45, 2.75) is 12.8 Å². The molecule has 1 amide bonds. The maximum atomic E-state index is 11.3. The van der Waals surface area contributed by atoms with Gasteiger partial charge in [0.2, 0.25) is 5.91 Å². The Hall–Kier alpha value is -0.130. The molecule has 1 saturated carbocycles. The smallest absolute Gasteiger partial charge is 0.246 e. The summed E-state index contributed by atoms with van der Waals surface area (Å²) >= 11 is 3.46. The average molecular weight is 280 g/mol. The molecule has 0 aliphatic heterocycles. The van der Waals surface area contributed by atoms with E-state index in [9.17, 15) is 4.79 Å². The Kier molecular flexibility index (Phi) is 5.56. The van der Waals surface area contributed by atoms with Gasteiger partial charge in [-0.25, -0.2) is 0 Å². The van der Waals surface area contributed by atoms with Crippen molar-refractivity contribution in [2.24, 2.45) is 5.41 Å². The van der Waals surface area contributed by atoms with Crippen molar-refractivity contribution in [3.63, 3.8) is 0 Å². The van der Waals surface area contributed by atoms with Gasteiger partial charge in [0.25, 0.3) is 0 Å². The molecule has 0 aromatic heterocycles. The number of methoxy groups -OCH3 is 1. The Balaban J connectivity index is 1.99. The lowest BCUT2D eigenvalue weighted by Crippen LogP contribution is -2.33. The van der Waals surface area contributed by atoms with Crippen LogP contribution in [0.2, 0.25) is 0 Å². The van der Waals surface area contributed by atoms with Gasteiger partial charge in [-0.1, -0.05) is 15.9 Å². The average Bonchev–Trinajstić information content (AvgIpc) is 3.02. The third-order valence-electron chi connectivity index (χ3n) is 2.57. The highest BCUT2D eigenvalue weighted by atomic mass is 79.9. The van der Waals surface area contributed by atoms with E-state index in [4.69, 9.17) is 9.47 Å². The van der Waals surface area contributed by atoms with E-state index in [0.717, 1.165) is 11.9 Å². The number of halogens is 1. The molecule has 5 heteroatoms. The van der Waals surface area contributed by atoms with Crippen molar-refractivity contribution >= 4 is 21.8 Å². The largest absolute Gasteiger partial charge is 0.382 e. The molecule has 0 atom stereocenters. The first kappa shape index (κ1) is 12.9. The summed E-state index contributed by atoms with van der Waals surface area (Å²) in [6.45, 7) is 1.87. The Morgan fingerprint density at radius 3 is 2.73 bits per heavy atom. The van der Waals surface area contributed by atoms with Gasteiger partial charge in [0, 0.05) is 19.0 Å². The fraction of sp³-hybridized carbons (Fsp3) is 0.900. The van der Waals surface area contributed by atoms with E-state index in [0.29, 0.717) is 18.6 Å². The third kappa shape index (κ3) is 4.95. The number of carbonyl (C=O) groups excluding carboxylic acids is 1. The van der Waals surface area contributed by atoms with E-state index < -0.39 is 0 Å². The first-order chi connectivity index (χ1) is 7.22. The molecule has 0 aromatic rings.